The van der Waals surface area contributed by atoms with Gasteiger partial charge in [0, 0.05) is 30.1 Å². The summed E-state index contributed by atoms with van der Waals surface area (Å²) >= 11 is 1.10. The van der Waals surface area contributed by atoms with Gasteiger partial charge in [0.15, 0.2) is 5.78 Å². The predicted octanol–water partition coefficient (Wildman–Crippen LogP) is 3.78. The SMILES string of the molecule is Cc1ccc(C(=O)c2ccccc2C(=O)NCc2ccc(S(=O)(=O)N(C)C)s2)cc1C. The molecule has 1 N–H and O–H groups in total. The van der Waals surface area contributed by atoms with E-state index in [1.165, 1.54) is 20.2 Å². The monoisotopic (exact) mass is 456 g/mol. The quantitative estimate of drug-likeness (QED) is 0.549. The molecule has 1 amide bonds. The molecule has 162 valence electrons. The van der Waals surface area contributed by atoms with Gasteiger partial charge in [0.2, 0.25) is 0 Å². The number of nitrogens with one attached hydrogen (secondary N) is 1. The lowest BCUT2D eigenvalue weighted by atomic mass is 9.95. The fourth-order valence-electron chi connectivity index (χ4n) is 2.95. The summed E-state index contributed by atoms with van der Waals surface area (Å²) < 4.78 is 25.8. The number of benzene rings is 2. The van der Waals surface area contributed by atoms with Crippen LogP contribution in [0, 0.1) is 13.8 Å². The van der Waals surface area contributed by atoms with Crippen LogP contribution in [0.2, 0.25) is 0 Å². The van der Waals surface area contributed by atoms with Crippen molar-refractivity contribution >= 4 is 33.1 Å². The van der Waals surface area contributed by atoms with Gasteiger partial charge in [-0.3, -0.25) is 9.59 Å². The number of aryl methyl sites for hydroxylation is 2. The number of sulfonamides is 1. The molecule has 6 nitrogen and oxygen atoms in total. The third kappa shape index (κ3) is 4.92. The van der Waals surface area contributed by atoms with Crippen LogP contribution >= 0.6 is 11.3 Å². The summed E-state index contributed by atoms with van der Waals surface area (Å²) in [6.45, 7) is 4.08. The van der Waals surface area contributed by atoms with E-state index in [0.29, 0.717) is 16.0 Å². The summed E-state index contributed by atoms with van der Waals surface area (Å²) in [6, 6.07) is 15.4. The van der Waals surface area contributed by atoms with Crippen LogP contribution in [0.5, 0.6) is 0 Å². The van der Waals surface area contributed by atoms with E-state index in [0.717, 1.165) is 26.8 Å². The van der Waals surface area contributed by atoms with E-state index < -0.39 is 15.9 Å². The number of amides is 1. The highest BCUT2D eigenvalue weighted by Crippen LogP contribution is 2.24. The zero-order chi connectivity index (χ0) is 22.8. The maximum Gasteiger partial charge on any atom is 0.252 e. The van der Waals surface area contributed by atoms with Gasteiger partial charge >= 0.3 is 0 Å². The molecule has 0 bridgehead atoms. The largest absolute Gasteiger partial charge is 0.347 e. The molecule has 0 unspecified atom stereocenters. The van der Waals surface area contributed by atoms with Gasteiger partial charge in [-0.1, -0.05) is 30.3 Å². The van der Waals surface area contributed by atoms with Gasteiger partial charge in [0.25, 0.3) is 15.9 Å². The minimum Gasteiger partial charge on any atom is -0.347 e. The second kappa shape index (κ2) is 9.13. The number of hydrogen-bond donors (Lipinski definition) is 1. The molecule has 0 spiro atoms. The maximum absolute atomic E-state index is 13.0. The first-order valence-corrected chi connectivity index (χ1v) is 11.9. The fourth-order valence-corrected chi connectivity index (χ4v) is 5.42. The molecule has 0 fully saturated rings. The highest BCUT2D eigenvalue weighted by molar-refractivity contribution is 7.91. The first-order valence-electron chi connectivity index (χ1n) is 9.61. The van der Waals surface area contributed by atoms with Crippen molar-refractivity contribution in [2.75, 3.05) is 14.1 Å². The molecule has 0 radical (unpaired) electrons. The molecule has 2 aromatic carbocycles. The Balaban J connectivity index is 1.79. The van der Waals surface area contributed by atoms with Crippen molar-refractivity contribution in [2.45, 2.75) is 24.6 Å². The normalized spacial score (nSPS) is 11.5. The molecular weight excluding hydrogens is 432 g/mol. The van der Waals surface area contributed by atoms with Crippen molar-refractivity contribution in [2.24, 2.45) is 0 Å². The number of rotatable bonds is 7. The van der Waals surface area contributed by atoms with Crippen LogP contribution in [0.3, 0.4) is 0 Å². The van der Waals surface area contributed by atoms with Crippen LogP contribution < -0.4 is 5.32 Å². The lowest BCUT2D eigenvalue weighted by Gasteiger charge is -2.10. The molecule has 3 aromatic rings. The molecule has 3 rings (SSSR count). The van der Waals surface area contributed by atoms with Crippen LogP contribution in [-0.4, -0.2) is 38.5 Å². The molecular formula is C23H24N2O4S2. The van der Waals surface area contributed by atoms with Crippen molar-refractivity contribution in [3.05, 3.63) is 87.3 Å². The van der Waals surface area contributed by atoms with Crippen molar-refractivity contribution in [3.63, 3.8) is 0 Å². The topological polar surface area (TPSA) is 83.5 Å². The molecule has 0 aliphatic carbocycles. The van der Waals surface area contributed by atoms with Gasteiger partial charge < -0.3 is 5.32 Å². The molecule has 1 heterocycles. The fraction of sp³-hybridized carbons (Fsp3) is 0.217. The summed E-state index contributed by atoms with van der Waals surface area (Å²) in [7, 11) is -0.563. The van der Waals surface area contributed by atoms with Crippen molar-refractivity contribution in [1.82, 2.24) is 9.62 Å². The minimum absolute atomic E-state index is 0.165. The van der Waals surface area contributed by atoms with Crippen LogP contribution in [0.4, 0.5) is 0 Å². The van der Waals surface area contributed by atoms with Crippen molar-refractivity contribution < 1.29 is 18.0 Å². The molecule has 0 atom stereocenters. The zero-order valence-corrected chi connectivity index (χ0v) is 19.4. The van der Waals surface area contributed by atoms with Crippen LogP contribution in [0.1, 0.15) is 42.3 Å². The van der Waals surface area contributed by atoms with E-state index in [1.807, 2.05) is 26.0 Å². The predicted molar refractivity (Wildman–Crippen MR) is 122 cm³/mol. The van der Waals surface area contributed by atoms with Gasteiger partial charge in [-0.25, -0.2) is 12.7 Å². The van der Waals surface area contributed by atoms with E-state index in [9.17, 15) is 18.0 Å². The third-order valence-electron chi connectivity index (χ3n) is 4.98. The molecule has 0 aliphatic heterocycles. The summed E-state index contributed by atoms with van der Waals surface area (Å²) in [6.07, 6.45) is 0. The number of carbonyl (C=O) groups excluding carboxylic acids is 2. The highest BCUT2D eigenvalue weighted by Gasteiger charge is 2.21. The van der Waals surface area contributed by atoms with E-state index in [1.54, 1.807) is 36.4 Å². The first-order chi connectivity index (χ1) is 14.6. The summed E-state index contributed by atoms with van der Waals surface area (Å²) in [4.78, 5) is 26.6. The second-order valence-corrected chi connectivity index (χ2v) is 10.9. The Labute approximate surface area is 186 Å². The van der Waals surface area contributed by atoms with Crippen molar-refractivity contribution in [3.8, 4) is 0 Å². The highest BCUT2D eigenvalue weighted by atomic mass is 32.2. The van der Waals surface area contributed by atoms with Gasteiger partial charge in [-0.2, -0.15) is 0 Å². The Morgan fingerprint density at radius 3 is 2.26 bits per heavy atom. The summed E-state index contributed by atoms with van der Waals surface area (Å²) in [5, 5.41) is 2.79. The number of ketones is 1. The molecule has 1 aromatic heterocycles. The average Bonchev–Trinajstić information content (AvgIpc) is 3.23. The Morgan fingerprint density at radius 2 is 1.61 bits per heavy atom. The van der Waals surface area contributed by atoms with E-state index >= 15 is 0 Å². The van der Waals surface area contributed by atoms with Crippen LogP contribution in [-0.2, 0) is 16.6 Å². The Bertz CT molecular complexity index is 1240. The number of hydrogen-bond acceptors (Lipinski definition) is 5. The lowest BCUT2D eigenvalue weighted by Crippen LogP contribution is -2.24. The zero-order valence-electron chi connectivity index (χ0n) is 17.8. The van der Waals surface area contributed by atoms with Gasteiger partial charge in [-0.15, -0.1) is 11.3 Å². The Morgan fingerprint density at radius 1 is 0.935 bits per heavy atom. The average molecular weight is 457 g/mol. The number of thiophene rings is 1. The van der Waals surface area contributed by atoms with Crippen LogP contribution in [0.25, 0.3) is 0 Å². The van der Waals surface area contributed by atoms with E-state index in [-0.39, 0.29) is 22.1 Å². The smallest absolute Gasteiger partial charge is 0.252 e. The Kier molecular flexibility index (Phi) is 6.74. The van der Waals surface area contributed by atoms with Gasteiger partial charge in [0.05, 0.1) is 12.1 Å². The lowest BCUT2D eigenvalue weighted by molar-refractivity contribution is 0.0940. The van der Waals surface area contributed by atoms with E-state index in [2.05, 4.69) is 5.32 Å². The summed E-state index contributed by atoms with van der Waals surface area (Å²) in [5.41, 5.74) is 3.23. The van der Waals surface area contributed by atoms with Gasteiger partial charge in [0.1, 0.15) is 4.21 Å². The van der Waals surface area contributed by atoms with Gasteiger partial charge in [-0.05, 0) is 49.2 Å². The number of carbonyl (C=O) groups is 2. The van der Waals surface area contributed by atoms with E-state index in [4.69, 9.17) is 0 Å². The standard InChI is InChI=1S/C23H24N2O4S2/c1-15-9-10-17(13-16(15)2)22(26)19-7-5-6-8-20(19)23(27)24-14-18-11-12-21(30-18)31(28,29)25(3)4/h5-13H,14H2,1-4H3,(H,24,27). The third-order valence-corrected chi connectivity index (χ3v) is 8.35. The van der Waals surface area contributed by atoms with Crippen molar-refractivity contribution in [1.29, 1.82) is 0 Å². The first kappa shape index (κ1) is 22.9. The number of nitrogens with zero attached hydrogens (tertiary/aromatic N) is 1. The molecule has 0 saturated heterocycles. The maximum atomic E-state index is 13.0. The Hall–Kier alpha value is -2.81. The summed E-state index contributed by atoms with van der Waals surface area (Å²) in [5.74, 6) is -0.609. The second-order valence-electron chi connectivity index (χ2n) is 7.36. The molecule has 0 aliphatic rings. The van der Waals surface area contributed by atoms with Crippen LogP contribution in [0.15, 0.2) is 58.8 Å². The minimum atomic E-state index is -3.51. The molecule has 31 heavy (non-hydrogen) atoms. The molecule has 0 saturated carbocycles. The molecule has 8 heteroatoms.